The maximum atomic E-state index is 12.1. The van der Waals surface area contributed by atoms with Gasteiger partial charge in [0.25, 0.3) is 5.91 Å². The third kappa shape index (κ3) is 4.09. The third-order valence-corrected chi connectivity index (χ3v) is 2.68. The average molecular weight is 305 g/mol. The number of fused-ring (bicyclic) bond motifs is 1. The summed E-state index contributed by atoms with van der Waals surface area (Å²) in [5.41, 5.74) is 1.52. The highest BCUT2D eigenvalue weighted by molar-refractivity contribution is 5.94. The number of aromatic nitrogens is 2. The Kier molecular flexibility index (Phi) is 7.44. The molecular formula is C12H18Cl2N4O. The molecule has 0 aromatic carbocycles. The minimum atomic E-state index is 0. The topological polar surface area (TPSA) is 49.6 Å². The highest BCUT2D eigenvalue weighted by Crippen LogP contribution is 2.06. The van der Waals surface area contributed by atoms with Gasteiger partial charge in [0.05, 0.1) is 5.56 Å². The van der Waals surface area contributed by atoms with Crippen molar-refractivity contribution in [2.75, 3.05) is 27.2 Å². The molecule has 0 saturated heterocycles. The molecule has 0 atom stereocenters. The Bertz CT molecular complexity index is 529. The van der Waals surface area contributed by atoms with Gasteiger partial charge >= 0.3 is 0 Å². The van der Waals surface area contributed by atoms with E-state index in [4.69, 9.17) is 0 Å². The zero-order valence-electron chi connectivity index (χ0n) is 10.9. The molecule has 2 rings (SSSR count). The highest BCUT2D eigenvalue weighted by atomic mass is 35.5. The molecule has 0 aliphatic rings. The minimum Gasteiger partial charge on any atom is -0.340 e. The molecule has 0 bridgehead atoms. The number of amides is 1. The molecule has 0 saturated carbocycles. The Balaban J connectivity index is 0.00000162. The molecule has 1 amide bonds. The van der Waals surface area contributed by atoms with Crippen LogP contribution in [0.4, 0.5) is 0 Å². The summed E-state index contributed by atoms with van der Waals surface area (Å²) in [7, 11) is 3.67. The van der Waals surface area contributed by atoms with Gasteiger partial charge in [-0.2, -0.15) is 0 Å². The highest BCUT2D eigenvalue weighted by Gasteiger charge is 2.11. The van der Waals surface area contributed by atoms with E-state index in [1.807, 2.05) is 23.7 Å². The number of hydrogen-bond acceptors (Lipinski definition) is 3. The summed E-state index contributed by atoms with van der Waals surface area (Å²) >= 11 is 0. The van der Waals surface area contributed by atoms with Crippen LogP contribution in [0, 0.1) is 0 Å². The summed E-state index contributed by atoms with van der Waals surface area (Å²) in [5.74, 6) is 0.0239. The van der Waals surface area contributed by atoms with Gasteiger partial charge in [-0.15, -0.1) is 24.8 Å². The summed E-state index contributed by atoms with van der Waals surface area (Å²) in [6.45, 7) is 1.48. The standard InChI is InChI=1S/C12H16N4O.2ClH/c1-13-5-7-15(2)12(17)10-3-4-11-14-6-8-16(11)9-10;;/h3-4,6,8-9,13H,5,7H2,1-2H3;2*1H. The monoisotopic (exact) mass is 304 g/mol. The van der Waals surface area contributed by atoms with Gasteiger partial charge < -0.3 is 14.6 Å². The predicted octanol–water partition coefficient (Wildman–Crippen LogP) is 1.47. The molecule has 5 nitrogen and oxygen atoms in total. The number of nitrogens with one attached hydrogen (secondary N) is 1. The first-order valence-corrected chi connectivity index (χ1v) is 5.55. The van der Waals surface area contributed by atoms with E-state index < -0.39 is 0 Å². The van der Waals surface area contributed by atoms with Gasteiger partial charge in [0.1, 0.15) is 5.65 Å². The lowest BCUT2D eigenvalue weighted by molar-refractivity contribution is 0.0796. The van der Waals surface area contributed by atoms with E-state index in [0.29, 0.717) is 12.1 Å². The molecule has 19 heavy (non-hydrogen) atoms. The molecular weight excluding hydrogens is 287 g/mol. The molecule has 106 valence electrons. The van der Waals surface area contributed by atoms with Crippen LogP contribution in [0.1, 0.15) is 10.4 Å². The lowest BCUT2D eigenvalue weighted by Gasteiger charge is -2.16. The molecule has 2 aromatic heterocycles. The fourth-order valence-corrected chi connectivity index (χ4v) is 1.65. The van der Waals surface area contributed by atoms with Crippen LogP contribution in [-0.2, 0) is 0 Å². The van der Waals surface area contributed by atoms with Crippen molar-refractivity contribution in [3.63, 3.8) is 0 Å². The lowest BCUT2D eigenvalue weighted by atomic mass is 10.2. The van der Waals surface area contributed by atoms with Crippen molar-refractivity contribution < 1.29 is 4.79 Å². The summed E-state index contributed by atoms with van der Waals surface area (Å²) < 4.78 is 1.85. The molecule has 0 aliphatic heterocycles. The Morgan fingerprint density at radius 1 is 1.42 bits per heavy atom. The number of halogens is 2. The fraction of sp³-hybridized carbons (Fsp3) is 0.333. The van der Waals surface area contributed by atoms with Crippen LogP contribution in [-0.4, -0.2) is 47.4 Å². The number of rotatable bonds is 4. The zero-order chi connectivity index (χ0) is 12.3. The number of hydrogen-bond donors (Lipinski definition) is 1. The second-order valence-corrected chi connectivity index (χ2v) is 3.94. The smallest absolute Gasteiger partial charge is 0.255 e. The number of carbonyl (C=O) groups is 1. The molecule has 1 N–H and O–H groups in total. The van der Waals surface area contributed by atoms with Crippen molar-refractivity contribution in [1.82, 2.24) is 19.6 Å². The van der Waals surface area contributed by atoms with Crippen LogP contribution in [0.2, 0.25) is 0 Å². The molecule has 0 fully saturated rings. The Hall–Kier alpha value is -1.30. The summed E-state index contributed by atoms with van der Waals surface area (Å²) in [4.78, 5) is 17.9. The number of carbonyl (C=O) groups excluding carboxylic acids is 1. The molecule has 2 aromatic rings. The zero-order valence-corrected chi connectivity index (χ0v) is 12.5. The molecule has 0 spiro atoms. The van der Waals surface area contributed by atoms with Crippen molar-refractivity contribution in [3.05, 3.63) is 36.3 Å². The largest absolute Gasteiger partial charge is 0.340 e. The van der Waals surface area contributed by atoms with Crippen molar-refractivity contribution in [3.8, 4) is 0 Å². The fourth-order valence-electron chi connectivity index (χ4n) is 1.65. The maximum Gasteiger partial charge on any atom is 0.255 e. The first-order chi connectivity index (χ1) is 8.22. The van der Waals surface area contributed by atoms with Crippen LogP contribution in [0.25, 0.3) is 5.65 Å². The van der Waals surface area contributed by atoms with Gasteiger partial charge in [0.2, 0.25) is 0 Å². The molecule has 0 unspecified atom stereocenters. The second kappa shape index (κ2) is 7.99. The Morgan fingerprint density at radius 3 is 2.84 bits per heavy atom. The quantitative estimate of drug-likeness (QED) is 0.930. The van der Waals surface area contributed by atoms with E-state index in [-0.39, 0.29) is 30.7 Å². The van der Waals surface area contributed by atoms with Crippen molar-refractivity contribution in [2.45, 2.75) is 0 Å². The number of imidazole rings is 1. The van der Waals surface area contributed by atoms with Crippen LogP contribution in [0.15, 0.2) is 30.7 Å². The van der Waals surface area contributed by atoms with Gasteiger partial charge in [-0.1, -0.05) is 0 Å². The number of likely N-dealkylation sites (N-methyl/N-ethyl adjacent to an activating group) is 2. The normalized spacial score (nSPS) is 9.58. The maximum absolute atomic E-state index is 12.1. The van der Waals surface area contributed by atoms with E-state index in [0.717, 1.165) is 12.2 Å². The first-order valence-electron chi connectivity index (χ1n) is 5.55. The lowest BCUT2D eigenvalue weighted by Crippen LogP contribution is -2.32. The van der Waals surface area contributed by atoms with Crippen LogP contribution >= 0.6 is 24.8 Å². The average Bonchev–Trinajstić information content (AvgIpc) is 2.81. The molecule has 7 heteroatoms. The van der Waals surface area contributed by atoms with E-state index in [1.165, 1.54) is 0 Å². The molecule has 0 radical (unpaired) electrons. The second-order valence-electron chi connectivity index (χ2n) is 3.94. The summed E-state index contributed by atoms with van der Waals surface area (Å²) in [6, 6.07) is 3.65. The predicted molar refractivity (Wildman–Crippen MR) is 80.6 cm³/mol. The van der Waals surface area contributed by atoms with Crippen LogP contribution < -0.4 is 5.32 Å². The van der Waals surface area contributed by atoms with Gasteiger partial charge in [-0.05, 0) is 19.2 Å². The van der Waals surface area contributed by atoms with Crippen LogP contribution in [0.3, 0.4) is 0 Å². The van der Waals surface area contributed by atoms with Crippen molar-refractivity contribution >= 4 is 36.4 Å². The number of nitrogens with zero attached hydrogens (tertiary/aromatic N) is 3. The van der Waals surface area contributed by atoms with Crippen molar-refractivity contribution in [2.24, 2.45) is 0 Å². The molecule has 2 heterocycles. The Labute approximate surface area is 124 Å². The van der Waals surface area contributed by atoms with Gasteiger partial charge in [-0.25, -0.2) is 4.98 Å². The minimum absolute atomic E-state index is 0. The van der Waals surface area contributed by atoms with Gasteiger partial charge in [0.15, 0.2) is 0 Å². The molecule has 0 aliphatic carbocycles. The van der Waals surface area contributed by atoms with E-state index in [9.17, 15) is 4.79 Å². The summed E-state index contributed by atoms with van der Waals surface area (Å²) in [5, 5.41) is 3.02. The van der Waals surface area contributed by atoms with E-state index in [2.05, 4.69) is 10.3 Å². The first kappa shape index (κ1) is 17.7. The summed E-state index contributed by atoms with van der Waals surface area (Å²) in [6.07, 6.45) is 5.36. The van der Waals surface area contributed by atoms with Gasteiger partial charge in [-0.3, -0.25) is 4.79 Å². The SMILES string of the molecule is CNCCN(C)C(=O)c1ccc2nccn2c1.Cl.Cl. The van der Waals surface area contributed by atoms with E-state index in [1.54, 1.807) is 30.4 Å². The number of pyridine rings is 1. The third-order valence-electron chi connectivity index (χ3n) is 2.68. The van der Waals surface area contributed by atoms with E-state index >= 15 is 0 Å². The Morgan fingerprint density at radius 2 is 2.16 bits per heavy atom. The van der Waals surface area contributed by atoms with Gasteiger partial charge in [0, 0.05) is 38.7 Å². The van der Waals surface area contributed by atoms with Crippen molar-refractivity contribution in [1.29, 1.82) is 0 Å². The van der Waals surface area contributed by atoms with Crippen LogP contribution in [0.5, 0.6) is 0 Å².